The Morgan fingerprint density at radius 3 is 2.15 bits per heavy atom. The molecule has 1 aromatic rings. The number of carbonyl (C=O) groups is 3. The van der Waals surface area contributed by atoms with Crippen LogP contribution in [0.4, 0.5) is 0 Å². The fraction of sp³-hybridized carbons (Fsp3) is 0.550. The highest BCUT2D eigenvalue weighted by atomic mass is 16.5. The fourth-order valence-electron chi connectivity index (χ4n) is 3.91. The highest BCUT2D eigenvalue weighted by Crippen LogP contribution is 2.25. The maximum Gasteiger partial charge on any atom is 0.253 e. The van der Waals surface area contributed by atoms with E-state index in [1.807, 2.05) is 11.0 Å². The summed E-state index contributed by atoms with van der Waals surface area (Å²) in [5.74, 6) is 0.339. The first kappa shape index (κ1) is 19.2. The number of carbonyl (C=O) groups excluding carboxylic acids is 3. The van der Waals surface area contributed by atoms with Gasteiger partial charge in [0.15, 0.2) is 0 Å². The normalized spacial score (nSPS) is 19.0. The lowest BCUT2D eigenvalue weighted by Crippen LogP contribution is -2.47. The van der Waals surface area contributed by atoms with E-state index in [1.165, 1.54) is 0 Å². The first-order valence-corrected chi connectivity index (χ1v) is 9.51. The van der Waals surface area contributed by atoms with Crippen molar-refractivity contribution in [2.75, 3.05) is 33.3 Å². The first-order valence-electron chi connectivity index (χ1n) is 9.51. The van der Waals surface area contributed by atoms with Gasteiger partial charge in [0.25, 0.3) is 5.91 Å². The SMILES string of the molecule is COc1cccc(C(=O)N2CCC(C(=O)N3CCC(C(N)=O)CC3)CC2)c1. The van der Waals surface area contributed by atoms with Crippen LogP contribution in [-0.4, -0.2) is 60.8 Å². The summed E-state index contributed by atoms with van der Waals surface area (Å²) in [5, 5.41) is 0. The number of methoxy groups -OCH3 is 1. The summed E-state index contributed by atoms with van der Waals surface area (Å²) < 4.78 is 5.18. The van der Waals surface area contributed by atoms with Crippen LogP contribution in [0.1, 0.15) is 36.0 Å². The van der Waals surface area contributed by atoms with E-state index in [9.17, 15) is 14.4 Å². The van der Waals surface area contributed by atoms with Crippen molar-refractivity contribution in [1.82, 2.24) is 9.80 Å². The molecule has 0 spiro atoms. The van der Waals surface area contributed by atoms with Crippen molar-refractivity contribution in [2.45, 2.75) is 25.7 Å². The average Bonchev–Trinajstić information content (AvgIpc) is 2.73. The summed E-state index contributed by atoms with van der Waals surface area (Å²) in [4.78, 5) is 40.3. The average molecular weight is 373 g/mol. The van der Waals surface area contributed by atoms with Gasteiger partial charge < -0.3 is 20.3 Å². The van der Waals surface area contributed by atoms with Gasteiger partial charge in [-0.3, -0.25) is 14.4 Å². The van der Waals surface area contributed by atoms with Crippen LogP contribution in [0.3, 0.4) is 0 Å². The Bertz CT molecular complexity index is 705. The topological polar surface area (TPSA) is 92.9 Å². The van der Waals surface area contributed by atoms with E-state index < -0.39 is 0 Å². The number of ether oxygens (including phenoxy) is 1. The summed E-state index contributed by atoms with van der Waals surface area (Å²) in [5.41, 5.74) is 5.96. The maximum absolute atomic E-state index is 12.7. The third-order valence-electron chi connectivity index (χ3n) is 5.66. The highest BCUT2D eigenvalue weighted by Gasteiger charge is 2.33. The van der Waals surface area contributed by atoms with Gasteiger partial charge in [0.1, 0.15) is 5.75 Å². The van der Waals surface area contributed by atoms with Crippen LogP contribution in [-0.2, 0) is 9.59 Å². The molecule has 0 aliphatic carbocycles. The Kier molecular flexibility index (Phi) is 5.98. The van der Waals surface area contributed by atoms with Gasteiger partial charge in [-0.1, -0.05) is 6.07 Å². The third kappa shape index (κ3) is 4.40. The van der Waals surface area contributed by atoms with E-state index in [0.717, 1.165) is 0 Å². The number of primary amides is 1. The molecule has 1 aromatic carbocycles. The smallest absolute Gasteiger partial charge is 0.253 e. The Morgan fingerprint density at radius 2 is 1.56 bits per heavy atom. The van der Waals surface area contributed by atoms with E-state index in [1.54, 1.807) is 30.2 Å². The molecule has 3 amide bonds. The predicted molar refractivity (Wildman–Crippen MR) is 100 cm³/mol. The maximum atomic E-state index is 12.7. The Labute approximate surface area is 159 Å². The van der Waals surface area contributed by atoms with Crippen molar-refractivity contribution in [2.24, 2.45) is 17.6 Å². The van der Waals surface area contributed by atoms with Crippen molar-refractivity contribution >= 4 is 17.7 Å². The van der Waals surface area contributed by atoms with E-state index in [4.69, 9.17) is 10.5 Å². The van der Waals surface area contributed by atoms with Crippen LogP contribution >= 0.6 is 0 Å². The van der Waals surface area contributed by atoms with Gasteiger partial charge in [0.05, 0.1) is 7.11 Å². The number of rotatable bonds is 4. The Hall–Kier alpha value is -2.57. The summed E-state index contributed by atoms with van der Waals surface area (Å²) in [6, 6.07) is 7.13. The summed E-state index contributed by atoms with van der Waals surface area (Å²) in [6.07, 6.45) is 2.64. The van der Waals surface area contributed by atoms with Gasteiger partial charge in [-0.25, -0.2) is 0 Å². The van der Waals surface area contributed by atoms with Gasteiger partial charge in [0.2, 0.25) is 11.8 Å². The number of benzene rings is 1. The second-order valence-electron chi connectivity index (χ2n) is 7.30. The van der Waals surface area contributed by atoms with Gasteiger partial charge in [-0.15, -0.1) is 0 Å². The summed E-state index contributed by atoms with van der Waals surface area (Å²) >= 11 is 0. The number of nitrogens with zero attached hydrogens (tertiary/aromatic N) is 2. The predicted octanol–water partition coefficient (Wildman–Crippen LogP) is 1.27. The number of nitrogens with two attached hydrogens (primary N) is 1. The monoisotopic (exact) mass is 373 g/mol. The van der Waals surface area contributed by atoms with Gasteiger partial charge >= 0.3 is 0 Å². The van der Waals surface area contributed by atoms with Crippen LogP contribution < -0.4 is 10.5 Å². The first-order chi connectivity index (χ1) is 13.0. The van der Waals surface area contributed by atoms with E-state index in [-0.39, 0.29) is 29.6 Å². The van der Waals surface area contributed by atoms with Gasteiger partial charge in [-0.2, -0.15) is 0 Å². The largest absolute Gasteiger partial charge is 0.497 e. The summed E-state index contributed by atoms with van der Waals surface area (Å²) in [7, 11) is 1.58. The number of hydrogen-bond donors (Lipinski definition) is 1. The molecule has 0 aromatic heterocycles. The van der Waals surface area contributed by atoms with Crippen molar-refractivity contribution < 1.29 is 19.1 Å². The standard InChI is InChI=1S/C20H27N3O4/c1-27-17-4-2-3-16(13-17)20(26)23-11-7-15(8-12-23)19(25)22-9-5-14(6-10-22)18(21)24/h2-4,13-15H,5-12H2,1H3,(H2,21,24). The number of piperidine rings is 2. The molecule has 2 aliphatic heterocycles. The molecule has 0 bridgehead atoms. The molecule has 7 heteroatoms. The Balaban J connectivity index is 1.52. The molecule has 0 saturated carbocycles. The van der Waals surface area contributed by atoms with Crippen molar-refractivity contribution in [3.8, 4) is 5.75 Å². The fourth-order valence-corrected chi connectivity index (χ4v) is 3.91. The van der Waals surface area contributed by atoms with Crippen LogP contribution in [0.5, 0.6) is 5.75 Å². The van der Waals surface area contributed by atoms with Crippen molar-refractivity contribution in [3.05, 3.63) is 29.8 Å². The highest BCUT2D eigenvalue weighted by molar-refractivity contribution is 5.94. The molecule has 0 radical (unpaired) electrons. The number of amides is 3. The lowest BCUT2D eigenvalue weighted by molar-refractivity contribution is -0.139. The zero-order chi connectivity index (χ0) is 19.4. The third-order valence-corrected chi connectivity index (χ3v) is 5.66. The lowest BCUT2D eigenvalue weighted by Gasteiger charge is -2.36. The molecule has 2 heterocycles. The van der Waals surface area contributed by atoms with Crippen LogP contribution in [0.2, 0.25) is 0 Å². The molecule has 0 atom stereocenters. The van der Waals surface area contributed by atoms with Gasteiger partial charge in [0, 0.05) is 43.6 Å². The van der Waals surface area contributed by atoms with E-state index >= 15 is 0 Å². The number of likely N-dealkylation sites (tertiary alicyclic amines) is 2. The molecule has 2 aliphatic rings. The minimum atomic E-state index is -0.272. The Morgan fingerprint density at radius 1 is 0.963 bits per heavy atom. The molecular weight excluding hydrogens is 346 g/mol. The lowest BCUT2D eigenvalue weighted by atomic mass is 9.91. The molecule has 2 saturated heterocycles. The zero-order valence-electron chi connectivity index (χ0n) is 15.7. The van der Waals surface area contributed by atoms with Crippen molar-refractivity contribution in [3.63, 3.8) is 0 Å². The van der Waals surface area contributed by atoms with E-state index in [0.29, 0.717) is 63.2 Å². The van der Waals surface area contributed by atoms with Crippen LogP contribution in [0.25, 0.3) is 0 Å². The minimum absolute atomic E-state index is 0.0259. The van der Waals surface area contributed by atoms with Crippen LogP contribution in [0, 0.1) is 11.8 Å². The quantitative estimate of drug-likeness (QED) is 0.860. The molecule has 27 heavy (non-hydrogen) atoms. The molecule has 2 fully saturated rings. The van der Waals surface area contributed by atoms with Crippen molar-refractivity contribution in [1.29, 1.82) is 0 Å². The molecule has 146 valence electrons. The number of hydrogen-bond acceptors (Lipinski definition) is 4. The molecular formula is C20H27N3O4. The zero-order valence-corrected chi connectivity index (χ0v) is 15.7. The molecule has 3 rings (SSSR count). The molecule has 7 nitrogen and oxygen atoms in total. The molecule has 2 N–H and O–H groups in total. The second kappa shape index (κ2) is 8.41. The van der Waals surface area contributed by atoms with Crippen LogP contribution in [0.15, 0.2) is 24.3 Å². The van der Waals surface area contributed by atoms with Gasteiger partial charge in [-0.05, 0) is 43.9 Å². The minimum Gasteiger partial charge on any atom is -0.497 e. The van der Waals surface area contributed by atoms with E-state index in [2.05, 4.69) is 0 Å². The summed E-state index contributed by atoms with van der Waals surface area (Å²) in [6.45, 7) is 2.33. The molecule has 0 unspecified atom stereocenters. The second-order valence-corrected chi connectivity index (χ2v) is 7.30.